The molecule has 0 saturated carbocycles. The highest BCUT2D eigenvalue weighted by atomic mass is 19.4. The van der Waals surface area contributed by atoms with Crippen LogP contribution in [-0.4, -0.2) is 44.3 Å². The predicted molar refractivity (Wildman–Crippen MR) is 113 cm³/mol. The number of likely N-dealkylation sites (N-methyl/N-ethyl adjacent to an activating group) is 1. The van der Waals surface area contributed by atoms with Crippen LogP contribution >= 0.6 is 0 Å². The third kappa shape index (κ3) is 5.39. The van der Waals surface area contributed by atoms with Crippen LogP contribution in [0.2, 0.25) is 0 Å². The van der Waals surface area contributed by atoms with Crippen molar-refractivity contribution < 1.29 is 37.0 Å². The number of methoxy groups -OCH3 is 1. The Labute approximate surface area is 188 Å². The van der Waals surface area contributed by atoms with E-state index in [0.29, 0.717) is 11.3 Å². The van der Waals surface area contributed by atoms with E-state index in [1.807, 2.05) is 0 Å². The molecule has 7 nitrogen and oxygen atoms in total. The van der Waals surface area contributed by atoms with Gasteiger partial charge < -0.3 is 19.5 Å². The monoisotopic (exact) mass is 464 g/mol. The number of esters is 1. The van der Waals surface area contributed by atoms with E-state index in [1.54, 1.807) is 31.2 Å². The van der Waals surface area contributed by atoms with Crippen molar-refractivity contribution in [3.8, 4) is 11.5 Å². The predicted octanol–water partition coefficient (Wildman–Crippen LogP) is 4.31. The van der Waals surface area contributed by atoms with Gasteiger partial charge in [0.1, 0.15) is 18.1 Å². The van der Waals surface area contributed by atoms with Gasteiger partial charge >= 0.3 is 18.2 Å². The number of alkyl halides is 3. The molecule has 0 radical (unpaired) electrons. The molecule has 0 aliphatic carbocycles. The summed E-state index contributed by atoms with van der Waals surface area (Å²) in [7, 11) is 2.95. The van der Waals surface area contributed by atoms with Crippen molar-refractivity contribution >= 4 is 12.0 Å². The lowest BCUT2D eigenvalue weighted by atomic mass is 9.94. The third-order valence-corrected chi connectivity index (χ3v) is 5.06. The van der Waals surface area contributed by atoms with Crippen molar-refractivity contribution in [3.05, 3.63) is 70.9 Å². The molecular formula is C23H23F3N2O5. The maximum absolute atomic E-state index is 13.0. The van der Waals surface area contributed by atoms with Crippen molar-refractivity contribution in [2.75, 3.05) is 27.4 Å². The first-order valence-corrected chi connectivity index (χ1v) is 10.0. The molecule has 2 aromatic carbocycles. The van der Waals surface area contributed by atoms with Gasteiger partial charge in [-0.25, -0.2) is 9.59 Å². The van der Waals surface area contributed by atoms with Crippen LogP contribution in [0.25, 0.3) is 0 Å². The lowest BCUT2D eigenvalue weighted by molar-refractivity contribution is -0.139. The largest absolute Gasteiger partial charge is 0.497 e. The molecule has 2 amide bonds. The Kier molecular flexibility index (Phi) is 7.15. The molecule has 0 bridgehead atoms. The van der Waals surface area contributed by atoms with Gasteiger partial charge in [0, 0.05) is 7.05 Å². The van der Waals surface area contributed by atoms with E-state index in [-0.39, 0.29) is 30.2 Å². The molecule has 0 aromatic heterocycles. The highest BCUT2D eigenvalue weighted by Crippen LogP contribution is 2.34. The summed E-state index contributed by atoms with van der Waals surface area (Å²) in [6.45, 7) is 1.41. The number of halogens is 3. The Morgan fingerprint density at radius 1 is 1.12 bits per heavy atom. The van der Waals surface area contributed by atoms with Gasteiger partial charge in [0.25, 0.3) is 0 Å². The van der Waals surface area contributed by atoms with Gasteiger partial charge in [-0.2, -0.15) is 13.2 Å². The number of benzene rings is 2. The first kappa shape index (κ1) is 24.0. The van der Waals surface area contributed by atoms with E-state index in [0.717, 1.165) is 12.1 Å². The minimum absolute atomic E-state index is 0.0547. The molecule has 1 atom stereocenters. The average Bonchev–Trinajstić information content (AvgIpc) is 2.79. The van der Waals surface area contributed by atoms with Gasteiger partial charge in [-0.05, 0) is 42.8 Å². The molecule has 1 N–H and O–H groups in total. The first-order valence-electron chi connectivity index (χ1n) is 10.0. The van der Waals surface area contributed by atoms with Crippen LogP contribution in [-0.2, 0) is 15.7 Å². The number of hydrogen-bond acceptors (Lipinski definition) is 5. The van der Waals surface area contributed by atoms with Crippen molar-refractivity contribution in [1.29, 1.82) is 0 Å². The zero-order valence-corrected chi connectivity index (χ0v) is 18.2. The first-order chi connectivity index (χ1) is 15.7. The lowest BCUT2D eigenvalue weighted by Gasteiger charge is -2.34. The number of ether oxygens (including phenoxy) is 3. The van der Waals surface area contributed by atoms with Crippen LogP contribution < -0.4 is 14.8 Å². The van der Waals surface area contributed by atoms with Gasteiger partial charge in [-0.15, -0.1) is 0 Å². The Morgan fingerprint density at radius 3 is 2.42 bits per heavy atom. The summed E-state index contributed by atoms with van der Waals surface area (Å²) in [5.74, 6) is -0.138. The molecule has 33 heavy (non-hydrogen) atoms. The smallest absolute Gasteiger partial charge is 0.416 e. The number of carbonyl (C=O) groups is 2. The highest BCUT2D eigenvalue weighted by molar-refractivity contribution is 5.95. The topological polar surface area (TPSA) is 77.1 Å². The maximum Gasteiger partial charge on any atom is 0.416 e. The summed E-state index contributed by atoms with van der Waals surface area (Å²) in [6, 6.07) is 9.76. The van der Waals surface area contributed by atoms with Gasteiger partial charge in [0.2, 0.25) is 0 Å². The van der Waals surface area contributed by atoms with Crippen molar-refractivity contribution in [2.24, 2.45) is 0 Å². The van der Waals surface area contributed by atoms with E-state index < -0.39 is 29.8 Å². The average molecular weight is 464 g/mol. The van der Waals surface area contributed by atoms with E-state index in [9.17, 15) is 22.8 Å². The van der Waals surface area contributed by atoms with Crippen molar-refractivity contribution in [1.82, 2.24) is 10.2 Å². The van der Waals surface area contributed by atoms with Gasteiger partial charge in [0.05, 0.1) is 36.6 Å². The van der Waals surface area contributed by atoms with Gasteiger partial charge in [-0.1, -0.05) is 18.2 Å². The van der Waals surface area contributed by atoms with Gasteiger partial charge in [-0.3, -0.25) is 4.90 Å². The molecule has 10 heteroatoms. The number of hydrogen-bond donors (Lipinski definition) is 1. The lowest BCUT2D eigenvalue weighted by Crippen LogP contribution is -2.48. The second kappa shape index (κ2) is 9.85. The normalized spacial score (nSPS) is 16.4. The van der Waals surface area contributed by atoms with Crippen molar-refractivity contribution in [2.45, 2.75) is 19.1 Å². The molecular weight excluding hydrogens is 441 g/mol. The maximum atomic E-state index is 13.0. The zero-order valence-electron chi connectivity index (χ0n) is 18.2. The van der Waals surface area contributed by atoms with Crippen LogP contribution in [0.1, 0.15) is 24.1 Å². The van der Waals surface area contributed by atoms with E-state index in [4.69, 9.17) is 14.2 Å². The summed E-state index contributed by atoms with van der Waals surface area (Å²) < 4.78 is 55.0. The Balaban J connectivity index is 2.00. The minimum atomic E-state index is -4.53. The Bertz CT molecular complexity index is 1050. The van der Waals surface area contributed by atoms with Crippen LogP contribution in [0.15, 0.2) is 59.8 Å². The summed E-state index contributed by atoms with van der Waals surface area (Å²) in [4.78, 5) is 26.7. The highest BCUT2D eigenvalue weighted by Gasteiger charge is 2.37. The van der Waals surface area contributed by atoms with E-state index in [1.165, 1.54) is 31.2 Å². The minimum Gasteiger partial charge on any atom is -0.497 e. The summed E-state index contributed by atoms with van der Waals surface area (Å²) in [5, 5.41) is 2.75. The number of rotatable bonds is 7. The number of urea groups is 1. The molecule has 0 spiro atoms. The summed E-state index contributed by atoms with van der Waals surface area (Å²) in [6.07, 6.45) is -4.53. The number of amides is 2. The van der Waals surface area contributed by atoms with Gasteiger partial charge in [0.15, 0.2) is 0 Å². The quantitative estimate of drug-likeness (QED) is 0.618. The van der Waals surface area contributed by atoms with E-state index in [2.05, 4.69) is 5.32 Å². The molecule has 1 aliphatic rings. The Hall–Kier alpha value is -3.69. The number of carbonyl (C=O) groups excluding carboxylic acids is 2. The molecule has 3 rings (SSSR count). The second-order valence-electron chi connectivity index (χ2n) is 7.11. The molecule has 1 heterocycles. The fraction of sp³-hybridized carbons (Fsp3) is 0.304. The standard InChI is InChI=1S/C23H23F3N2O5/c1-4-32-21(29)19-18(13-33-17-7-5-6-15(12-17)23(24,25)26)28(2)22(30)27-20(19)14-8-10-16(31-3)11-9-14/h5-12,20H,4,13H2,1-3H3,(H,27,30)/t20-/m0/s1. The van der Waals surface area contributed by atoms with Crippen molar-refractivity contribution in [3.63, 3.8) is 0 Å². The molecule has 0 fully saturated rings. The SMILES string of the molecule is CCOC(=O)C1=C(COc2cccc(C(F)(F)F)c2)N(C)C(=O)N[C@H]1c1ccc(OC)cc1. The molecule has 176 valence electrons. The second-order valence-corrected chi connectivity index (χ2v) is 7.11. The third-order valence-electron chi connectivity index (χ3n) is 5.06. The number of nitrogens with one attached hydrogen (secondary N) is 1. The fourth-order valence-corrected chi connectivity index (χ4v) is 3.34. The van der Waals surface area contributed by atoms with Crippen LogP contribution in [0.5, 0.6) is 11.5 Å². The van der Waals surface area contributed by atoms with Crippen LogP contribution in [0.4, 0.5) is 18.0 Å². The molecule has 0 saturated heterocycles. The molecule has 0 unspecified atom stereocenters. The summed E-state index contributed by atoms with van der Waals surface area (Å²) >= 11 is 0. The van der Waals surface area contributed by atoms with Crippen LogP contribution in [0.3, 0.4) is 0 Å². The number of nitrogens with zero attached hydrogens (tertiary/aromatic N) is 1. The fourth-order valence-electron chi connectivity index (χ4n) is 3.34. The Morgan fingerprint density at radius 2 is 1.82 bits per heavy atom. The van der Waals surface area contributed by atoms with E-state index >= 15 is 0 Å². The van der Waals surface area contributed by atoms with Crippen LogP contribution in [0, 0.1) is 0 Å². The molecule has 2 aromatic rings. The zero-order chi connectivity index (χ0) is 24.2. The summed E-state index contributed by atoms with van der Waals surface area (Å²) in [5.41, 5.74) is 0.0221. The molecule has 1 aliphatic heterocycles.